The molecule has 0 atom stereocenters. The first-order valence-corrected chi connectivity index (χ1v) is 6.16. The molecule has 1 aromatic rings. The lowest BCUT2D eigenvalue weighted by Crippen LogP contribution is -2.40. The van der Waals surface area contributed by atoms with E-state index in [2.05, 4.69) is 21.2 Å². The molecule has 1 fully saturated rings. The maximum absolute atomic E-state index is 11.9. The van der Waals surface area contributed by atoms with Gasteiger partial charge >= 0.3 is 0 Å². The van der Waals surface area contributed by atoms with E-state index in [0.29, 0.717) is 6.04 Å². The van der Waals surface area contributed by atoms with E-state index >= 15 is 0 Å². The van der Waals surface area contributed by atoms with E-state index in [4.69, 9.17) is 0 Å². The van der Waals surface area contributed by atoms with Gasteiger partial charge in [-0.2, -0.15) is 0 Å². The average molecular weight is 271 g/mol. The van der Waals surface area contributed by atoms with Gasteiger partial charge in [-0.3, -0.25) is 4.79 Å². The van der Waals surface area contributed by atoms with E-state index in [1.54, 1.807) is 0 Å². The Balaban J connectivity index is 2.09. The standard InChI is InChI=1S/C11H15BrN2O/c1-2-14-7-8(12)6-10(14)11(15)13-9-4-3-5-9/h6-7,9H,2-5H2,1H3,(H,13,15). The molecule has 0 aromatic carbocycles. The van der Waals surface area contributed by atoms with Gasteiger partial charge in [0.15, 0.2) is 0 Å². The van der Waals surface area contributed by atoms with Crippen LogP contribution in [0.2, 0.25) is 0 Å². The van der Waals surface area contributed by atoms with Crippen LogP contribution in [0.25, 0.3) is 0 Å². The quantitative estimate of drug-likeness (QED) is 0.900. The topological polar surface area (TPSA) is 34.0 Å². The maximum Gasteiger partial charge on any atom is 0.268 e. The first-order valence-electron chi connectivity index (χ1n) is 5.37. The predicted molar refractivity (Wildman–Crippen MR) is 62.9 cm³/mol. The maximum atomic E-state index is 11.9. The van der Waals surface area contributed by atoms with Gasteiger partial charge in [-0.15, -0.1) is 0 Å². The Kier molecular flexibility index (Phi) is 3.14. The molecule has 1 aliphatic rings. The number of aryl methyl sites for hydroxylation is 1. The third kappa shape index (κ3) is 2.25. The molecule has 1 aromatic heterocycles. The SMILES string of the molecule is CCn1cc(Br)cc1C(=O)NC1CCC1. The number of nitrogens with one attached hydrogen (secondary N) is 1. The molecule has 4 heteroatoms. The Hall–Kier alpha value is -0.770. The van der Waals surface area contributed by atoms with Crippen LogP contribution in [-0.2, 0) is 6.54 Å². The molecular weight excluding hydrogens is 256 g/mol. The van der Waals surface area contributed by atoms with Gasteiger partial charge in [-0.1, -0.05) is 0 Å². The number of hydrogen-bond acceptors (Lipinski definition) is 1. The molecular formula is C11H15BrN2O. The highest BCUT2D eigenvalue weighted by Gasteiger charge is 2.21. The zero-order chi connectivity index (χ0) is 10.8. The zero-order valence-electron chi connectivity index (χ0n) is 8.79. The number of aromatic nitrogens is 1. The van der Waals surface area contributed by atoms with Gasteiger partial charge in [0.1, 0.15) is 5.69 Å². The Morgan fingerprint density at radius 1 is 1.67 bits per heavy atom. The number of carbonyl (C=O) groups is 1. The lowest BCUT2D eigenvalue weighted by atomic mass is 9.93. The summed E-state index contributed by atoms with van der Waals surface area (Å²) >= 11 is 3.39. The van der Waals surface area contributed by atoms with Crippen LogP contribution in [0.5, 0.6) is 0 Å². The fourth-order valence-corrected chi connectivity index (χ4v) is 2.20. The molecule has 0 spiro atoms. The summed E-state index contributed by atoms with van der Waals surface area (Å²) in [6.45, 7) is 2.85. The molecule has 1 saturated carbocycles. The number of hydrogen-bond donors (Lipinski definition) is 1. The molecule has 2 rings (SSSR count). The van der Waals surface area contributed by atoms with E-state index < -0.39 is 0 Å². The van der Waals surface area contributed by atoms with Gasteiger partial charge in [0.05, 0.1) is 0 Å². The van der Waals surface area contributed by atoms with Crippen LogP contribution >= 0.6 is 15.9 Å². The summed E-state index contributed by atoms with van der Waals surface area (Å²) in [5, 5.41) is 3.04. The Morgan fingerprint density at radius 3 is 2.93 bits per heavy atom. The largest absolute Gasteiger partial charge is 0.348 e. The Labute approximate surface area is 98.0 Å². The van der Waals surface area contributed by atoms with Crippen molar-refractivity contribution < 1.29 is 4.79 Å². The number of carbonyl (C=O) groups excluding carboxylic acids is 1. The van der Waals surface area contributed by atoms with Crippen LogP contribution in [-0.4, -0.2) is 16.5 Å². The van der Waals surface area contributed by atoms with Gasteiger partial charge in [0, 0.05) is 23.3 Å². The summed E-state index contributed by atoms with van der Waals surface area (Å²) in [5.41, 5.74) is 0.747. The molecule has 0 unspecified atom stereocenters. The van der Waals surface area contributed by atoms with Crippen molar-refractivity contribution in [3.63, 3.8) is 0 Å². The predicted octanol–water partition coefficient (Wildman–Crippen LogP) is 2.55. The third-order valence-electron chi connectivity index (χ3n) is 2.88. The van der Waals surface area contributed by atoms with Crippen molar-refractivity contribution in [2.75, 3.05) is 0 Å². The molecule has 0 saturated heterocycles. The van der Waals surface area contributed by atoms with Crippen molar-refractivity contribution in [2.24, 2.45) is 0 Å². The monoisotopic (exact) mass is 270 g/mol. The molecule has 1 amide bonds. The molecule has 1 aliphatic carbocycles. The second-order valence-electron chi connectivity index (χ2n) is 3.93. The molecule has 1 heterocycles. The number of nitrogens with zero attached hydrogens (tertiary/aromatic N) is 1. The van der Waals surface area contributed by atoms with Crippen LogP contribution in [0, 0.1) is 0 Å². The lowest BCUT2D eigenvalue weighted by molar-refractivity contribution is 0.0907. The van der Waals surface area contributed by atoms with Crippen molar-refractivity contribution in [3.05, 3.63) is 22.4 Å². The summed E-state index contributed by atoms with van der Waals surface area (Å²) in [6.07, 6.45) is 5.43. The molecule has 0 bridgehead atoms. The summed E-state index contributed by atoms with van der Waals surface area (Å²) in [5.74, 6) is 0.0484. The molecule has 15 heavy (non-hydrogen) atoms. The van der Waals surface area contributed by atoms with Crippen LogP contribution in [0.15, 0.2) is 16.7 Å². The van der Waals surface area contributed by atoms with Crippen LogP contribution in [0.4, 0.5) is 0 Å². The molecule has 0 radical (unpaired) electrons. The summed E-state index contributed by atoms with van der Waals surface area (Å²) in [6, 6.07) is 2.27. The average Bonchev–Trinajstić information content (AvgIpc) is 2.53. The van der Waals surface area contributed by atoms with Crippen molar-refractivity contribution in [2.45, 2.75) is 38.8 Å². The van der Waals surface area contributed by atoms with Gasteiger partial charge in [0.25, 0.3) is 5.91 Å². The van der Waals surface area contributed by atoms with E-state index in [1.165, 1.54) is 6.42 Å². The highest BCUT2D eigenvalue weighted by molar-refractivity contribution is 9.10. The van der Waals surface area contributed by atoms with Gasteiger partial charge < -0.3 is 9.88 Å². The third-order valence-corrected chi connectivity index (χ3v) is 3.31. The van der Waals surface area contributed by atoms with Crippen LogP contribution in [0.3, 0.4) is 0 Å². The minimum atomic E-state index is 0.0484. The Bertz CT molecular complexity index is 369. The second-order valence-corrected chi connectivity index (χ2v) is 4.85. The van der Waals surface area contributed by atoms with Gasteiger partial charge in [0.2, 0.25) is 0 Å². The van der Waals surface area contributed by atoms with Crippen LogP contribution < -0.4 is 5.32 Å². The summed E-state index contributed by atoms with van der Waals surface area (Å²) < 4.78 is 2.92. The van der Waals surface area contributed by atoms with E-state index in [-0.39, 0.29) is 5.91 Å². The van der Waals surface area contributed by atoms with E-state index in [0.717, 1.165) is 29.6 Å². The van der Waals surface area contributed by atoms with E-state index in [1.807, 2.05) is 23.8 Å². The fourth-order valence-electron chi connectivity index (χ4n) is 1.74. The molecule has 0 aliphatic heterocycles. The zero-order valence-corrected chi connectivity index (χ0v) is 10.4. The highest BCUT2D eigenvalue weighted by atomic mass is 79.9. The van der Waals surface area contributed by atoms with Crippen LogP contribution in [0.1, 0.15) is 36.7 Å². The van der Waals surface area contributed by atoms with E-state index in [9.17, 15) is 4.79 Å². The first kappa shape index (κ1) is 10.7. The Morgan fingerprint density at radius 2 is 2.40 bits per heavy atom. The number of halogens is 1. The molecule has 3 nitrogen and oxygen atoms in total. The minimum absolute atomic E-state index is 0.0484. The minimum Gasteiger partial charge on any atom is -0.348 e. The number of rotatable bonds is 3. The summed E-state index contributed by atoms with van der Waals surface area (Å²) in [7, 11) is 0. The second kappa shape index (κ2) is 4.39. The molecule has 1 N–H and O–H groups in total. The molecule has 82 valence electrons. The smallest absolute Gasteiger partial charge is 0.268 e. The van der Waals surface area contributed by atoms with Crippen molar-refractivity contribution in [1.29, 1.82) is 0 Å². The van der Waals surface area contributed by atoms with Crippen molar-refractivity contribution in [3.8, 4) is 0 Å². The first-order chi connectivity index (χ1) is 7.20. The highest BCUT2D eigenvalue weighted by Crippen LogP contribution is 2.20. The van der Waals surface area contributed by atoms with Gasteiger partial charge in [-0.05, 0) is 48.2 Å². The van der Waals surface area contributed by atoms with Crippen molar-refractivity contribution >= 4 is 21.8 Å². The summed E-state index contributed by atoms with van der Waals surface area (Å²) in [4.78, 5) is 11.9. The normalized spacial score (nSPS) is 16.1. The number of amides is 1. The fraction of sp³-hybridized carbons (Fsp3) is 0.545. The lowest BCUT2D eigenvalue weighted by Gasteiger charge is -2.26. The van der Waals surface area contributed by atoms with Gasteiger partial charge in [-0.25, -0.2) is 0 Å². The van der Waals surface area contributed by atoms with Crippen molar-refractivity contribution in [1.82, 2.24) is 9.88 Å².